The average molecular weight is 459 g/mol. The van der Waals surface area contributed by atoms with E-state index in [1.807, 2.05) is 72.9 Å². The van der Waals surface area contributed by atoms with Gasteiger partial charge in [0.15, 0.2) is 0 Å². The Bertz CT molecular complexity index is 1420. The van der Waals surface area contributed by atoms with E-state index in [1.54, 1.807) is 34.8 Å². The Labute approximate surface area is 203 Å². The maximum Gasteiger partial charge on any atom is 0.228 e. The molecule has 0 aliphatic carbocycles. The Hall–Kier alpha value is -5.01. The first-order valence-corrected chi connectivity index (χ1v) is 11.0. The lowest BCUT2D eigenvalue weighted by atomic mass is 10.0. The van der Waals surface area contributed by atoms with Crippen molar-refractivity contribution in [3.8, 4) is 23.4 Å². The molecule has 0 saturated carbocycles. The van der Waals surface area contributed by atoms with Crippen LogP contribution in [0, 0.1) is 22.7 Å². The molecular formula is C28H22N6O. The molecule has 7 heteroatoms. The molecule has 0 radical (unpaired) electrons. The van der Waals surface area contributed by atoms with Crippen LogP contribution in [0.5, 0.6) is 0 Å². The van der Waals surface area contributed by atoms with E-state index in [0.717, 1.165) is 22.4 Å². The molecule has 0 aliphatic rings. The standard InChI is InChI=1S/C28H22N6O/c1-33(26-5-3-2-4-6-26)28(35)15-16-34-20-27(31-32-34)24-13-11-23(12-14-24)25(19-30)17-21-7-9-22(18-29)10-8-21/h2-14,17,20H,15-16H2,1H3/b25-17+. The number of nitrogens with zero attached hydrogens (tertiary/aromatic N) is 6. The number of para-hydroxylation sites is 1. The minimum absolute atomic E-state index is 0.00399. The van der Waals surface area contributed by atoms with E-state index in [0.29, 0.717) is 29.8 Å². The van der Waals surface area contributed by atoms with Gasteiger partial charge in [-0.1, -0.05) is 59.8 Å². The van der Waals surface area contributed by atoms with Crippen LogP contribution >= 0.6 is 0 Å². The van der Waals surface area contributed by atoms with Crippen LogP contribution < -0.4 is 4.90 Å². The van der Waals surface area contributed by atoms with Gasteiger partial charge in [0.25, 0.3) is 0 Å². The van der Waals surface area contributed by atoms with Crippen LogP contribution in [-0.2, 0) is 11.3 Å². The number of aryl methyl sites for hydroxylation is 1. The van der Waals surface area contributed by atoms with E-state index >= 15 is 0 Å². The van der Waals surface area contributed by atoms with Crippen molar-refractivity contribution in [2.24, 2.45) is 0 Å². The van der Waals surface area contributed by atoms with Crippen molar-refractivity contribution in [2.45, 2.75) is 13.0 Å². The molecule has 170 valence electrons. The van der Waals surface area contributed by atoms with E-state index in [1.165, 1.54) is 0 Å². The van der Waals surface area contributed by atoms with Crippen molar-refractivity contribution in [1.82, 2.24) is 15.0 Å². The molecule has 0 spiro atoms. The number of benzene rings is 3. The fraction of sp³-hybridized carbons (Fsp3) is 0.107. The third kappa shape index (κ3) is 5.68. The van der Waals surface area contributed by atoms with E-state index < -0.39 is 0 Å². The lowest BCUT2D eigenvalue weighted by molar-refractivity contribution is -0.118. The zero-order chi connectivity index (χ0) is 24.6. The van der Waals surface area contributed by atoms with Gasteiger partial charge in [-0.15, -0.1) is 5.10 Å². The van der Waals surface area contributed by atoms with Gasteiger partial charge in [-0.3, -0.25) is 9.48 Å². The first kappa shape index (κ1) is 23.2. The largest absolute Gasteiger partial charge is 0.315 e. The summed E-state index contributed by atoms with van der Waals surface area (Å²) in [4.78, 5) is 14.1. The smallest absolute Gasteiger partial charge is 0.228 e. The molecule has 0 atom stereocenters. The van der Waals surface area contributed by atoms with Gasteiger partial charge in [-0.25, -0.2) is 0 Å². The highest BCUT2D eigenvalue weighted by Crippen LogP contribution is 2.23. The zero-order valence-corrected chi connectivity index (χ0v) is 19.2. The lowest BCUT2D eigenvalue weighted by Gasteiger charge is -2.16. The van der Waals surface area contributed by atoms with Gasteiger partial charge in [0.2, 0.25) is 5.91 Å². The quantitative estimate of drug-likeness (QED) is 0.289. The number of amides is 1. The van der Waals surface area contributed by atoms with Gasteiger partial charge >= 0.3 is 0 Å². The monoisotopic (exact) mass is 458 g/mol. The first-order chi connectivity index (χ1) is 17.1. The summed E-state index contributed by atoms with van der Waals surface area (Å²) >= 11 is 0. The number of carbonyl (C=O) groups excluding carboxylic acids is 1. The maximum absolute atomic E-state index is 12.5. The highest BCUT2D eigenvalue weighted by atomic mass is 16.2. The Morgan fingerprint density at radius 1 is 1.00 bits per heavy atom. The number of nitriles is 2. The summed E-state index contributed by atoms with van der Waals surface area (Å²) in [6.45, 7) is 0.424. The summed E-state index contributed by atoms with van der Waals surface area (Å²) in [6, 6.07) is 28.4. The summed E-state index contributed by atoms with van der Waals surface area (Å²) in [5.74, 6) is -0.00399. The summed E-state index contributed by atoms with van der Waals surface area (Å²) < 4.78 is 1.66. The van der Waals surface area contributed by atoms with Crippen LogP contribution in [0.25, 0.3) is 22.9 Å². The van der Waals surface area contributed by atoms with Gasteiger partial charge in [0.1, 0.15) is 5.69 Å². The Kier molecular flexibility index (Phi) is 7.11. The van der Waals surface area contributed by atoms with Gasteiger partial charge in [0.05, 0.1) is 36.0 Å². The van der Waals surface area contributed by atoms with Gasteiger partial charge in [0, 0.05) is 24.7 Å². The van der Waals surface area contributed by atoms with Crippen LogP contribution in [0.1, 0.15) is 23.1 Å². The third-order valence-electron chi connectivity index (χ3n) is 5.57. The number of hydrogen-bond acceptors (Lipinski definition) is 5. The summed E-state index contributed by atoms with van der Waals surface area (Å²) in [5, 5.41) is 26.9. The van der Waals surface area contributed by atoms with Crippen LogP contribution in [0.4, 0.5) is 5.69 Å². The minimum atomic E-state index is -0.00399. The van der Waals surface area contributed by atoms with Gasteiger partial charge < -0.3 is 4.90 Å². The lowest BCUT2D eigenvalue weighted by Crippen LogP contribution is -2.27. The molecule has 1 heterocycles. The molecule has 7 nitrogen and oxygen atoms in total. The van der Waals surface area contributed by atoms with E-state index in [-0.39, 0.29) is 5.91 Å². The van der Waals surface area contributed by atoms with Crippen molar-refractivity contribution in [2.75, 3.05) is 11.9 Å². The molecule has 3 aromatic carbocycles. The topological polar surface area (TPSA) is 98.6 Å². The third-order valence-corrected chi connectivity index (χ3v) is 5.57. The number of aromatic nitrogens is 3. The van der Waals surface area contributed by atoms with Gasteiger partial charge in [-0.2, -0.15) is 10.5 Å². The highest BCUT2D eigenvalue weighted by molar-refractivity contribution is 5.92. The molecule has 0 unspecified atom stereocenters. The van der Waals surface area contributed by atoms with E-state index in [2.05, 4.69) is 22.5 Å². The van der Waals surface area contributed by atoms with Crippen molar-refractivity contribution in [1.29, 1.82) is 10.5 Å². The van der Waals surface area contributed by atoms with Crippen molar-refractivity contribution < 1.29 is 4.79 Å². The summed E-state index contributed by atoms with van der Waals surface area (Å²) in [7, 11) is 1.76. The second-order valence-corrected chi connectivity index (χ2v) is 7.89. The number of carbonyl (C=O) groups is 1. The Morgan fingerprint density at radius 2 is 1.71 bits per heavy atom. The second kappa shape index (κ2) is 10.7. The first-order valence-electron chi connectivity index (χ1n) is 11.0. The molecule has 0 aliphatic heterocycles. The zero-order valence-electron chi connectivity index (χ0n) is 19.2. The molecule has 1 aromatic heterocycles. The van der Waals surface area contributed by atoms with Crippen LogP contribution in [-0.4, -0.2) is 27.9 Å². The minimum Gasteiger partial charge on any atom is -0.315 e. The SMILES string of the molecule is CN(C(=O)CCn1cc(-c2ccc(/C(C#N)=C/c3ccc(C#N)cc3)cc2)nn1)c1ccccc1. The number of anilines is 1. The molecule has 1 amide bonds. The molecular weight excluding hydrogens is 436 g/mol. The molecule has 0 fully saturated rings. The van der Waals surface area contributed by atoms with Crippen LogP contribution in [0.15, 0.2) is 85.1 Å². The maximum atomic E-state index is 12.5. The van der Waals surface area contributed by atoms with Crippen molar-refractivity contribution >= 4 is 23.2 Å². The molecule has 35 heavy (non-hydrogen) atoms. The Balaban J connectivity index is 1.41. The fourth-order valence-corrected chi connectivity index (χ4v) is 3.53. The molecule has 0 saturated heterocycles. The van der Waals surface area contributed by atoms with Crippen molar-refractivity contribution in [3.05, 3.63) is 102 Å². The molecule has 4 aromatic rings. The van der Waals surface area contributed by atoms with E-state index in [9.17, 15) is 10.1 Å². The van der Waals surface area contributed by atoms with Crippen LogP contribution in [0.2, 0.25) is 0 Å². The van der Waals surface area contributed by atoms with Crippen molar-refractivity contribution in [3.63, 3.8) is 0 Å². The van der Waals surface area contributed by atoms with Gasteiger partial charge in [-0.05, 0) is 41.5 Å². The second-order valence-electron chi connectivity index (χ2n) is 7.89. The molecule has 4 rings (SSSR count). The van der Waals surface area contributed by atoms with E-state index in [4.69, 9.17) is 5.26 Å². The number of allylic oxidation sites excluding steroid dienone is 1. The Morgan fingerprint density at radius 3 is 2.37 bits per heavy atom. The highest BCUT2D eigenvalue weighted by Gasteiger charge is 2.12. The molecule has 0 bridgehead atoms. The average Bonchev–Trinajstić information content (AvgIpc) is 3.40. The normalized spacial score (nSPS) is 10.9. The predicted octanol–water partition coefficient (Wildman–Crippen LogP) is 4.93. The molecule has 0 N–H and O–H groups in total. The predicted molar refractivity (Wildman–Crippen MR) is 135 cm³/mol. The van der Waals surface area contributed by atoms with Crippen LogP contribution in [0.3, 0.4) is 0 Å². The summed E-state index contributed by atoms with van der Waals surface area (Å²) in [6.07, 6.45) is 3.90. The summed E-state index contributed by atoms with van der Waals surface area (Å²) in [5.41, 5.74) is 5.12. The number of hydrogen-bond donors (Lipinski definition) is 0. The fourth-order valence-electron chi connectivity index (χ4n) is 3.53. The number of rotatable bonds is 7.